The number of carboxylic acid groups (broad SMARTS) is 2. The summed E-state index contributed by atoms with van der Waals surface area (Å²) < 4.78 is 25.7. The average molecular weight is 202 g/mol. The molecule has 0 atom stereocenters. The molecule has 0 aliphatic carbocycles. The third kappa shape index (κ3) is 1.68. The SMILES string of the molecule is O=C(O)c1cc(F)c(C(=O)O)cc1F. The summed E-state index contributed by atoms with van der Waals surface area (Å²) in [4.78, 5) is 20.6. The molecule has 1 aromatic carbocycles. The van der Waals surface area contributed by atoms with Crippen LogP contribution in [0.2, 0.25) is 0 Å². The Labute approximate surface area is 76.4 Å². The minimum atomic E-state index is -1.65. The smallest absolute Gasteiger partial charge is 0.338 e. The van der Waals surface area contributed by atoms with E-state index in [1.54, 1.807) is 0 Å². The molecule has 0 radical (unpaired) electrons. The first kappa shape index (κ1) is 10.1. The topological polar surface area (TPSA) is 74.6 Å². The molecule has 0 aromatic heterocycles. The lowest BCUT2D eigenvalue weighted by Crippen LogP contribution is -2.07. The van der Waals surface area contributed by atoms with Crippen molar-refractivity contribution >= 4 is 11.9 Å². The Bertz CT molecular complexity index is 374. The Hall–Kier alpha value is -1.98. The third-order valence-corrected chi connectivity index (χ3v) is 1.52. The van der Waals surface area contributed by atoms with Crippen LogP contribution in [0.4, 0.5) is 8.78 Å². The van der Waals surface area contributed by atoms with Crippen molar-refractivity contribution < 1.29 is 28.6 Å². The molecule has 1 aromatic rings. The van der Waals surface area contributed by atoms with Crippen molar-refractivity contribution in [2.24, 2.45) is 0 Å². The van der Waals surface area contributed by atoms with E-state index in [1.165, 1.54) is 0 Å². The van der Waals surface area contributed by atoms with Crippen LogP contribution in [0.5, 0.6) is 0 Å². The molecule has 0 spiro atoms. The predicted molar refractivity (Wildman–Crippen MR) is 40.3 cm³/mol. The maximum absolute atomic E-state index is 12.8. The maximum Gasteiger partial charge on any atom is 0.338 e. The number of hydrogen-bond donors (Lipinski definition) is 2. The molecule has 0 aliphatic rings. The zero-order valence-electron chi connectivity index (χ0n) is 6.62. The fourth-order valence-electron chi connectivity index (χ4n) is 0.875. The van der Waals surface area contributed by atoms with E-state index in [0.717, 1.165) is 0 Å². The van der Waals surface area contributed by atoms with Gasteiger partial charge in [-0.25, -0.2) is 18.4 Å². The van der Waals surface area contributed by atoms with Gasteiger partial charge in [-0.05, 0) is 12.1 Å². The molecule has 0 bridgehead atoms. The van der Waals surface area contributed by atoms with Crippen molar-refractivity contribution in [2.75, 3.05) is 0 Å². The molecular formula is C8H4F2O4. The van der Waals surface area contributed by atoms with Crippen LogP contribution in [-0.4, -0.2) is 22.2 Å². The Morgan fingerprint density at radius 1 is 0.929 bits per heavy atom. The Morgan fingerprint density at radius 2 is 1.21 bits per heavy atom. The number of benzene rings is 1. The predicted octanol–water partition coefficient (Wildman–Crippen LogP) is 1.36. The van der Waals surface area contributed by atoms with E-state index in [4.69, 9.17) is 10.2 Å². The number of hydrogen-bond acceptors (Lipinski definition) is 2. The zero-order valence-corrected chi connectivity index (χ0v) is 6.62. The maximum atomic E-state index is 12.8. The first-order valence-electron chi connectivity index (χ1n) is 3.39. The minimum absolute atomic E-state index is 0.334. The molecule has 1 rings (SSSR count). The van der Waals surface area contributed by atoms with Crippen molar-refractivity contribution in [3.8, 4) is 0 Å². The number of rotatable bonds is 2. The highest BCUT2D eigenvalue weighted by Gasteiger charge is 2.18. The van der Waals surface area contributed by atoms with Gasteiger partial charge in [0.05, 0.1) is 11.1 Å². The van der Waals surface area contributed by atoms with Crippen LogP contribution in [0.3, 0.4) is 0 Å². The molecule has 0 amide bonds. The van der Waals surface area contributed by atoms with Gasteiger partial charge in [0.2, 0.25) is 0 Å². The van der Waals surface area contributed by atoms with Crippen molar-refractivity contribution in [3.63, 3.8) is 0 Å². The van der Waals surface area contributed by atoms with Crippen LogP contribution in [0, 0.1) is 11.6 Å². The lowest BCUT2D eigenvalue weighted by molar-refractivity contribution is 0.0672. The summed E-state index contributed by atoms with van der Waals surface area (Å²) >= 11 is 0. The summed E-state index contributed by atoms with van der Waals surface area (Å²) in [6.45, 7) is 0. The fourth-order valence-corrected chi connectivity index (χ4v) is 0.875. The van der Waals surface area contributed by atoms with Crippen LogP contribution >= 0.6 is 0 Å². The summed E-state index contributed by atoms with van der Waals surface area (Å²) in [5.41, 5.74) is -1.79. The second kappa shape index (κ2) is 3.41. The molecule has 4 nitrogen and oxygen atoms in total. The third-order valence-electron chi connectivity index (χ3n) is 1.52. The van der Waals surface area contributed by atoms with Crippen molar-refractivity contribution in [1.29, 1.82) is 0 Å². The molecule has 0 heterocycles. The average Bonchev–Trinajstić information content (AvgIpc) is 2.07. The zero-order chi connectivity index (χ0) is 10.9. The lowest BCUT2D eigenvalue weighted by Gasteiger charge is -2.00. The normalized spacial score (nSPS) is 9.86. The van der Waals surface area contributed by atoms with E-state index in [9.17, 15) is 18.4 Å². The fraction of sp³-hybridized carbons (Fsp3) is 0. The molecule has 0 aliphatic heterocycles. The van der Waals surface area contributed by atoms with Gasteiger partial charge < -0.3 is 10.2 Å². The highest BCUT2D eigenvalue weighted by molar-refractivity contribution is 5.92. The quantitative estimate of drug-likeness (QED) is 0.759. The molecule has 6 heteroatoms. The monoisotopic (exact) mass is 202 g/mol. The molecule has 0 fully saturated rings. The van der Waals surface area contributed by atoms with E-state index >= 15 is 0 Å². The van der Waals surface area contributed by atoms with Crippen molar-refractivity contribution in [3.05, 3.63) is 34.9 Å². The first-order valence-corrected chi connectivity index (χ1v) is 3.39. The number of carbonyl (C=O) groups is 2. The van der Waals surface area contributed by atoms with Gasteiger partial charge >= 0.3 is 11.9 Å². The summed E-state index contributed by atoms with van der Waals surface area (Å²) in [6.07, 6.45) is 0. The molecule has 0 unspecified atom stereocenters. The number of halogens is 2. The van der Waals surface area contributed by atoms with Crippen LogP contribution in [0.15, 0.2) is 12.1 Å². The lowest BCUT2D eigenvalue weighted by atomic mass is 10.1. The highest BCUT2D eigenvalue weighted by atomic mass is 19.1. The van der Waals surface area contributed by atoms with E-state index in [1.807, 2.05) is 0 Å². The van der Waals surface area contributed by atoms with Gasteiger partial charge in [-0.15, -0.1) is 0 Å². The first-order chi connectivity index (χ1) is 6.43. The molecule has 0 saturated carbocycles. The van der Waals surface area contributed by atoms with Crippen LogP contribution in [0.25, 0.3) is 0 Å². The number of aromatic carboxylic acids is 2. The summed E-state index contributed by atoms with van der Waals surface area (Å²) in [5.74, 6) is -5.87. The molecule has 74 valence electrons. The van der Waals surface area contributed by atoms with Crippen LogP contribution in [-0.2, 0) is 0 Å². The standard InChI is InChI=1S/C8H4F2O4/c9-5-1-3(7(11)12)6(10)2-4(5)8(13)14/h1-2H,(H,11,12)(H,13,14). The summed E-state index contributed by atoms with van der Waals surface area (Å²) in [5, 5.41) is 16.7. The van der Waals surface area contributed by atoms with Gasteiger partial charge in [0.15, 0.2) is 0 Å². The van der Waals surface area contributed by atoms with E-state index in [0.29, 0.717) is 12.1 Å². The van der Waals surface area contributed by atoms with Gasteiger partial charge in [-0.2, -0.15) is 0 Å². The van der Waals surface area contributed by atoms with E-state index in [2.05, 4.69) is 0 Å². The number of carboxylic acids is 2. The van der Waals surface area contributed by atoms with Crippen molar-refractivity contribution in [2.45, 2.75) is 0 Å². The van der Waals surface area contributed by atoms with E-state index < -0.39 is 34.7 Å². The van der Waals surface area contributed by atoms with Gasteiger partial charge in [0, 0.05) is 0 Å². The Kier molecular flexibility index (Phi) is 2.46. The van der Waals surface area contributed by atoms with Crippen LogP contribution in [0.1, 0.15) is 20.7 Å². The summed E-state index contributed by atoms with van der Waals surface area (Å²) in [7, 11) is 0. The van der Waals surface area contributed by atoms with Crippen LogP contribution < -0.4 is 0 Å². The molecular weight excluding hydrogens is 198 g/mol. The van der Waals surface area contributed by atoms with Gasteiger partial charge in [0.1, 0.15) is 11.6 Å². The second-order valence-corrected chi connectivity index (χ2v) is 2.42. The minimum Gasteiger partial charge on any atom is -0.478 e. The molecule has 0 saturated heterocycles. The Morgan fingerprint density at radius 3 is 1.43 bits per heavy atom. The second-order valence-electron chi connectivity index (χ2n) is 2.42. The Balaban J connectivity index is 3.38. The summed E-state index contributed by atoms with van der Waals surface area (Å²) in [6, 6.07) is 0.669. The van der Waals surface area contributed by atoms with E-state index in [-0.39, 0.29) is 0 Å². The molecule has 14 heavy (non-hydrogen) atoms. The van der Waals surface area contributed by atoms with Gasteiger partial charge in [0.25, 0.3) is 0 Å². The highest BCUT2D eigenvalue weighted by Crippen LogP contribution is 2.14. The molecule has 2 N–H and O–H groups in total. The largest absolute Gasteiger partial charge is 0.478 e. The van der Waals surface area contributed by atoms with Crippen molar-refractivity contribution in [1.82, 2.24) is 0 Å². The van der Waals surface area contributed by atoms with Gasteiger partial charge in [-0.1, -0.05) is 0 Å². The van der Waals surface area contributed by atoms with Gasteiger partial charge in [-0.3, -0.25) is 0 Å².